The van der Waals surface area contributed by atoms with Crippen molar-refractivity contribution >= 4 is 11.3 Å². The van der Waals surface area contributed by atoms with Crippen molar-refractivity contribution in [3.8, 4) is 0 Å². The number of piperidine rings is 1. The summed E-state index contributed by atoms with van der Waals surface area (Å²) in [6.07, 6.45) is 3.62. The van der Waals surface area contributed by atoms with Crippen molar-refractivity contribution in [3.63, 3.8) is 0 Å². The van der Waals surface area contributed by atoms with Crippen molar-refractivity contribution in [2.24, 2.45) is 5.92 Å². The quantitative estimate of drug-likeness (QED) is 0.926. The van der Waals surface area contributed by atoms with E-state index >= 15 is 0 Å². The van der Waals surface area contributed by atoms with Crippen molar-refractivity contribution in [1.82, 2.24) is 9.80 Å². The molecule has 4 heteroatoms. The zero-order chi connectivity index (χ0) is 14.9. The van der Waals surface area contributed by atoms with Gasteiger partial charge in [-0.05, 0) is 62.2 Å². The molecule has 2 aliphatic rings. The molecule has 0 spiro atoms. The fourth-order valence-electron chi connectivity index (χ4n) is 3.46. The summed E-state index contributed by atoms with van der Waals surface area (Å²) in [5.74, 6) is 0.357. The van der Waals surface area contributed by atoms with E-state index in [1.54, 1.807) is 0 Å². The molecule has 0 bridgehead atoms. The summed E-state index contributed by atoms with van der Waals surface area (Å²) < 4.78 is 0. The molecule has 2 fully saturated rings. The first-order valence-corrected chi connectivity index (χ1v) is 9.14. The van der Waals surface area contributed by atoms with Gasteiger partial charge in [-0.2, -0.15) is 0 Å². The lowest BCUT2D eigenvalue weighted by Gasteiger charge is -2.41. The van der Waals surface area contributed by atoms with Crippen LogP contribution in [0, 0.1) is 5.92 Å². The minimum Gasteiger partial charge on any atom is -0.390 e. The average Bonchev–Trinajstić information content (AvgIpc) is 3.07. The first kappa shape index (κ1) is 15.5. The molecule has 1 aromatic rings. The standard InChI is InChI=1S/C17H28N2OS/c1-14-10-19(8-5-17(14,2)20)12-16-9-15(13-21-16)11-18-6-3-4-7-18/h9,13-14,20H,3-8,10-12H2,1-2H3. The molecule has 1 aromatic heterocycles. The Morgan fingerprint density at radius 3 is 2.71 bits per heavy atom. The Bertz CT molecular complexity index is 465. The molecule has 0 radical (unpaired) electrons. The van der Waals surface area contributed by atoms with Crippen molar-refractivity contribution < 1.29 is 5.11 Å². The van der Waals surface area contributed by atoms with Crippen LogP contribution in [0.15, 0.2) is 11.4 Å². The van der Waals surface area contributed by atoms with E-state index in [4.69, 9.17) is 0 Å². The normalized spacial score (nSPS) is 31.9. The predicted molar refractivity (Wildman–Crippen MR) is 88.5 cm³/mol. The smallest absolute Gasteiger partial charge is 0.0669 e. The molecule has 3 nitrogen and oxygen atoms in total. The molecule has 3 rings (SSSR count). The Hall–Kier alpha value is -0.420. The number of rotatable bonds is 4. The van der Waals surface area contributed by atoms with Crippen LogP contribution in [0.25, 0.3) is 0 Å². The second-order valence-corrected chi connectivity index (χ2v) is 8.14. The van der Waals surface area contributed by atoms with E-state index < -0.39 is 5.60 Å². The molecule has 0 aliphatic carbocycles. The van der Waals surface area contributed by atoms with Gasteiger partial charge in [-0.1, -0.05) is 6.92 Å². The van der Waals surface area contributed by atoms with Crippen LogP contribution in [0.1, 0.15) is 43.6 Å². The van der Waals surface area contributed by atoms with Gasteiger partial charge in [0.2, 0.25) is 0 Å². The zero-order valence-corrected chi connectivity index (χ0v) is 14.2. The summed E-state index contributed by atoms with van der Waals surface area (Å²) >= 11 is 1.90. The number of aliphatic hydroxyl groups is 1. The number of hydrogen-bond donors (Lipinski definition) is 1. The number of nitrogens with zero attached hydrogens (tertiary/aromatic N) is 2. The highest BCUT2D eigenvalue weighted by molar-refractivity contribution is 7.10. The summed E-state index contributed by atoms with van der Waals surface area (Å²) in [6, 6.07) is 2.39. The molecule has 2 aliphatic heterocycles. The molecule has 0 amide bonds. The maximum absolute atomic E-state index is 10.3. The lowest BCUT2D eigenvalue weighted by Crippen LogP contribution is -2.48. The maximum atomic E-state index is 10.3. The van der Waals surface area contributed by atoms with Crippen LogP contribution in [0.2, 0.25) is 0 Å². The summed E-state index contributed by atoms with van der Waals surface area (Å²) in [5, 5.41) is 12.6. The van der Waals surface area contributed by atoms with Gasteiger partial charge in [-0.15, -0.1) is 11.3 Å². The van der Waals surface area contributed by atoms with Crippen LogP contribution >= 0.6 is 11.3 Å². The van der Waals surface area contributed by atoms with Crippen molar-refractivity contribution in [3.05, 3.63) is 21.9 Å². The Balaban J connectivity index is 1.52. The fourth-order valence-corrected chi connectivity index (χ4v) is 4.38. The Labute approximate surface area is 132 Å². The summed E-state index contributed by atoms with van der Waals surface area (Å²) in [5.41, 5.74) is 1.00. The van der Waals surface area contributed by atoms with E-state index in [0.717, 1.165) is 32.6 Å². The van der Waals surface area contributed by atoms with E-state index in [-0.39, 0.29) is 0 Å². The molecule has 21 heavy (non-hydrogen) atoms. The van der Waals surface area contributed by atoms with Gasteiger partial charge in [0, 0.05) is 31.1 Å². The van der Waals surface area contributed by atoms with Gasteiger partial charge in [-0.25, -0.2) is 0 Å². The molecule has 0 saturated carbocycles. The third-order valence-corrected chi connectivity index (χ3v) is 6.19. The molecule has 2 saturated heterocycles. The van der Waals surface area contributed by atoms with Gasteiger partial charge < -0.3 is 5.11 Å². The summed E-state index contributed by atoms with van der Waals surface area (Å²) in [4.78, 5) is 6.53. The topological polar surface area (TPSA) is 26.7 Å². The van der Waals surface area contributed by atoms with E-state index in [1.807, 2.05) is 18.3 Å². The van der Waals surface area contributed by atoms with Gasteiger partial charge >= 0.3 is 0 Å². The van der Waals surface area contributed by atoms with Crippen LogP contribution in [0.4, 0.5) is 0 Å². The van der Waals surface area contributed by atoms with E-state index in [9.17, 15) is 5.11 Å². The molecule has 2 atom stereocenters. The second-order valence-electron chi connectivity index (χ2n) is 7.15. The van der Waals surface area contributed by atoms with Gasteiger partial charge in [0.25, 0.3) is 0 Å². The van der Waals surface area contributed by atoms with Crippen LogP contribution in [-0.2, 0) is 13.1 Å². The molecular weight excluding hydrogens is 280 g/mol. The highest BCUT2D eigenvalue weighted by Gasteiger charge is 2.34. The Morgan fingerprint density at radius 2 is 2.00 bits per heavy atom. The molecule has 3 heterocycles. The molecule has 118 valence electrons. The number of likely N-dealkylation sites (tertiary alicyclic amines) is 2. The number of thiophene rings is 1. The van der Waals surface area contributed by atoms with Crippen molar-refractivity contribution in [1.29, 1.82) is 0 Å². The lowest BCUT2D eigenvalue weighted by molar-refractivity contribution is -0.0522. The van der Waals surface area contributed by atoms with Gasteiger partial charge in [0.05, 0.1) is 5.60 Å². The molecule has 0 aromatic carbocycles. The minimum absolute atomic E-state index is 0.357. The van der Waals surface area contributed by atoms with Crippen molar-refractivity contribution in [2.75, 3.05) is 26.2 Å². The van der Waals surface area contributed by atoms with Gasteiger partial charge in [-0.3, -0.25) is 9.80 Å². The average molecular weight is 308 g/mol. The Morgan fingerprint density at radius 1 is 1.24 bits per heavy atom. The van der Waals surface area contributed by atoms with E-state index in [0.29, 0.717) is 5.92 Å². The largest absolute Gasteiger partial charge is 0.390 e. The summed E-state index contributed by atoms with van der Waals surface area (Å²) in [6.45, 7) is 10.9. The second kappa shape index (κ2) is 6.37. The van der Waals surface area contributed by atoms with Gasteiger partial charge in [0.15, 0.2) is 0 Å². The highest BCUT2D eigenvalue weighted by atomic mass is 32.1. The van der Waals surface area contributed by atoms with Gasteiger partial charge in [0.1, 0.15) is 0 Å². The molecule has 2 unspecified atom stereocenters. The lowest BCUT2D eigenvalue weighted by atomic mass is 9.84. The first-order valence-electron chi connectivity index (χ1n) is 8.26. The zero-order valence-electron chi connectivity index (χ0n) is 13.3. The first-order chi connectivity index (χ1) is 10.0. The Kier molecular flexibility index (Phi) is 4.69. The summed E-state index contributed by atoms with van der Waals surface area (Å²) in [7, 11) is 0. The predicted octanol–water partition coefficient (Wildman–Crippen LogP) is 2.94. The van der Waals surface area contributed by atoms with E-state index in [2.05, 4.69) is 28.2 Å². The van der Waals surface area contributed by atoms with Crippen LogP contribution in [0.3, 0.4) is 0 Å². The maximum Gasteiger partial charge on any atom is 0.0669 e. The van der Waals surface area contributed by atoms with Crippen LogP contribution < -0.4 is 0 Å². The number of hydrogen-bond acceptors (Lipinski definition) is 4. The minimum atomic E-state index is -0.479. The van der Waals surface area contributed by atoms with E-state index in [1.165, 1.54) is 36.4 Å². The van der Waals surface area contributed by atoms with Crippen LogP contribution in [-0.4, -0.2) is 46.7 Å². The molecule has 1 N–H and O–H groups in total. The van der Waals surface area contributed by atoms with Crippen LogP contribution in [0.5, 0.6) is 0 Å². The third kappa shape index (κ3) is 3.86. The molecular formula is C17H28N2OS. The monoisotopic (exact) mass is 308 g/mol. The third-order valence-electron chi connectivity index (χ3n) is 5.22. The fraction of sp³-hybridized carbons (Fsp3) is 0.765. The van der Waals surface area contributed by atoms with Crippen molar-refractivity contribution in [2.45, 2.75) is 51.8 Å². The highest BCUT2D eigenvalue weighted by Crippen LogP contribution is 2.29. The SMILES string of the molecule is CC1CN(Cc2cc(CN3CCCC3)cs2)CCC1(C)O.